The summed E-state index contributed by atoms with van der Waals surface area (Å²) in [5, 5.41) is 0. The highest BCUT2D eigenvalue weighted by Gasteiger charge is 2.42. The highest BCUT2D eigenvalue weighted by atomic mass is 19.1. The van der Waals surface area contributed by atoms with Crippen LogP contribution in [-0.4, -0.2) is 17.9 Å². The molecule has 1 aliphatic carbocycles. The van der Waals surface area contributed by atoms with Gasteiger partial charge in [0.2, 0.25) is 5.91 Å². The molecule has 1 atom stereocenters. The molecule has 1 fully saturated rings. The topological polar surface area (TPSA) is 20.3 Å². The average Bonchev–Trinajstić information content (AvgIpc) is 2.34. The van der Waals surface area contributed by atoms with Gasteiger partial charge in [-0.25, -0.2) is 4.39 Å². The van der Waals surface area contributed by atoms with Crippen molar-refractivity contribution in [3.05, 3.63) is 35.6 Å². The quantitative estimate of drug-likeness (QED) is 0.812. The summed E-state index contributed by atoms with van der Waals surface area (Å²) < 4.78 is 13.7. The van der Waals surface area contributed by atoms with Crippen LogP contribution in [0.4, 0.5) is 4.39 Å². The Labute approximate surface area is 114 Å². The fourth-order valence-corrected chi connectivity index (χ4v) is 2.95. The highest BCUT2D eigenvalue weighted by Crippen LogP contribution is 2.46. The maximum atomic E-state index is 13.7. The third-order valence-corrected chi connectivity index (χ3v) is 4.23. The van der Waals surface area contributed by atoms with Gasteiger partial charge in [-0.3, -0.25) is 4.79 Å². The van der Waals surface area contributed by atoms with Gasteiger partial charge in [-0.1, -0.05) is 32.0 Å². The summed E-state index contributed by atoms with van der Waals surface area (Å²) in [5.74, 6) is -0.00658. The van der Waals surface area contributed by atoms with Gasteiger partial charge in [-0.05, 0) is 31.2 Å². The zero-order valence-corrected chi connectivity index (χ0v) is 12.1. The Hall–Kier alpha value is -1.38. The number of carbonyl (C=O) groups is 1. The van der Waals surface area contributed by atoms with Gasteiger partial charge >= 0.3 is 0 Å². The van der Waals surface area contributed by atoms with E-state index in [4.69, 9.17) is 0 Å². The molecule has 19 heavy (non-hydrogen) atoms. The summed E-state index contributed by atoms with van der Waals surface area (Å²) in [6.45, 7) is 6.23. The van der Waals surface area contributed by atoms with E-state index in [1.807, 2.05) is 6.92 Å². The number of hydrogen-bond donors (Lipinski definition) is 0. The molecule has 1 unspecified atom stereocenters. The third-order valence-electron chi connectivity index (χ3n) is 4.23. The van der Waals surface area contributed by atoms with Gasteiger partial charge < -0.3 is 4.90 Å². The van der Waals surface area contributed by atoms with Crippen LogP contribution in [0.1, 0.15) is 45.2 Å². The molecule has 1 aromatic rings. The minimum atomic E-state index is -0.247. The molecule has 0 saturated heterocycles. The van der Waals surface area contributed by atoms with Crippen molar-refractivity contribution >= 4 is 5.91 Å². The largest absolute Gasteiger partial charge is 0.339 e. The number of halogens is 1. The second-order valence-electron chi connectivity index (χ2n) is 6.42. The molecule has 1 aromatic carbocycles. The lowest BCUT2D eigenvalue weighted by atomic mass is 9.64. The van der Waals surface area contributed by atoms with E-state index < -0.39 is 0 Å². The van der Waals surface area contributed by atoms with Crippen LogP contribution >= 0.6 is 0 Å². The van der Waals surface area contributed by atoms with Crippen LogP contribution < -0.4 is 0 Å². The second-order valence-corrected chi connectivity index (χ2v) is 6.42. The Kier molecular flexibility index (Phi) is 3.66. The van der Waals surface area contributed by atoms with Crippen LogP contribution in [0.15, 0.2) is 24.3 Å². The molecule has 0 heterocycles. The first-order valence-corrected chi connectivity index (χ1v) is 6.83. The molecule has 0 spiro atoms. The lowest BCUT2D eigenvalue weighted by Gasteiger charge is -2.43. The number of hydrogen-bond acceptors (Lipinski definition) is 1. The number of carbonyl (C=O) groups excluding carboxylic acids is 1. The predicted octanol–water partition coefficient (Wildman–Crippen LogP) is 3.78. The molecule has 0 bridgehead atoms. The molecule has 3 heteroatoms. The molecule has 0 N–H and O–H groups in total. The SMILES string of the molecule is CC(c1ccccc1F)N(C)C(=O)C1CC(C)(C)C1. The molecule has 1 saturated carbocycles. The summed E-state index contributed by atoms with van der Waals surface area (Å²) in [6.07, 6.45) is 1.86. The monoisotopic (exact) mass is 263 g/mol. The summed E-state index contributed by atoms with van der Waals surface area (Å²) >= 11 is 0. The maximum absolute atomic E-state index is 13.7. The van der Waals surface area contributed by atoms with Crippen molar-refractivity contribution in [1.82, 2.24) is 4.90 Å². The fourth-order valence-electron chi connectivity index (χ4n) is 2.95. The molecule has 2 rings (SSSR count). The lowest BCUT2D eigenvalue weighted by molar-refractivity contribution is -0.143. The van der Waals surface area contributed by atoms with E-state index in [2.05, 4.69) is 13.8 Å². The van der Waals surface area contributed by atoms with Gasteiger partial charge in [0.1, 0.15) is 5.82 Å². The van der Waals surface area contributed by atoms with Gasteiger partial charge in [-0.2, -0.15) is 0 Å². The first-order chi connectivity index (χ1) is 8.82. The second kappa shape index (κ2) is 4.95. The van der Waals surface area contributed by atoms with Crippen molar-refractivity contribution in [1.29, 1.82) is 0 Å². The molecule has 2 nitrogen and oxygen atoms in total. The number of nitrogens with zero attached hydrogens (tertiary/aromatic N) is 1. The normalized spacial score (nSPS) is 19.6. The van der Waals surface area contributed by atoms with E-state index in [0.717, 1.165) is 12.8 Å². The summed E-state index contributed by atoms with van der Waals surface area (Å²) in [4.78, 5) is 14.0. The zero-order chi connectivity index (χ0) is 14.2. The van der Waals surface area contributed by atoms with E-state index in [1.165, 1.54) is 6.07 Å². The lowest BCUT2D eigenvalue weighted by Crippen LogP contribution is -2.44. The van der Waals surface area contributed by atoms with Crippen molar-refractivity contribution in [2.75, 3.05) is 7.05 Å². The van der Waals surface area contributed by atoms with Crippen molar-refractivity contribution in [2.45, 2.75) is 39.7 Å². The molecule has 0 aromatic heterocycles. The Morgan fingerprint density at radius 1 is 1.37 bits per heavy atom. The maximum Gasteiger partial charge on any atom is 0.225 e. The van der Waals surface area contributed by atoms with Crippen molar-refractivity contribution in [3.63, 3.8) is 0 Å². The van der Waals surface area contributed by atoms with E-state index in [1.54, 1.807) is 30.1 Å². The smallest absolute Gasteiger partial charge is 0.225 e. The first-order valence-electron chi connectivity index (χ1n) is 6.83. The van der Waals surface area contributed by atoms with Crippen LogP contribution in [0.5, 0.6) is 0 Å². The Balaban J connectivity index is 2.06. The summed E-state index contributed by atoms with van der Waals surface area (Å²) in [6, 6.07) is 6.43. The minimum Gasteiger partial charge on any atom is -0.339 e. The van der Waals surface area contributed by atoms with E-state index in [0.29, 0.717) is 5.56 Å². The molecular formula is C16H22FNO. The number of benzene rings is 1. The molecule has 1 aliphatic rings. The Bertz CT molecular complexity index is 475. The van der Waals surface area contributed by atoms with Gasteiger partial charge in [-0.15, -0.1) is 0 Å². The van der Waals surface area contributed by atoms with Gasteiger partial charge in [0, 0.05) is 18.5 Å². The molecule has 0 radical (unpaired) electrons. The molecule has 0 aliphatic heterocycles. The molecular weight excluding hydrogens is 241 g/mol. The minimum absolute atomic E-state index is 0.106. The summed E-state index contributed by atoms with van der Waals surface area (Å²) in [5.41, 5.74) is 0.861. The van der Waals surface area contributed by atoms with Crippen LogP contribution in [0.25, 0.3) is 0 Å². The average molecular weight is 263 g/mol. The first kappa shape index (κ1) is 14.0. The van der Waals surface area contributed by atoms with Crippen molar-refractivity contribution < 1.29 is 9.18 Å². The summed E-state index contributed by atoms with van der Waals surface area (Å²) in [7, 11) is 1.77. The van der Waals surface area contributed by atoms with Crippen LogP contribution in [-0.2, 0) is 4.79 Å². The molecule has 104 valence electrons. The fraction of sp³-hybridized carbons (Fsp3) is 0.562. The van der Waals surface area contributed by atoms with Crippen LogP contribution in [0.2, 0.25) is 0 Å². The van der Waals surface area contributed by atoms with Crippen LogP contribution in [0.3, 0.4) is 0 Å². The Morgan fingerprint density at radius 3 is 2.47 bits per heavy atom. The van der Waals surface area contributed by atoms with Gasteiger partial charge in [0.25, 0.3) is 0 Å². The highest BCUT2D eigenvalue weighted by molar-refractivity contribution is 5.80. The van der Waals surface area contributed by atoms with E-state index in [-0.39, 0.29) is 29.1 Å². The van der Waals surface area contributed by atoms with E-state index in [9.17, 15) is 9.18 Å². The molecule has 1 amide bonds. The third kappa shape index (κ3) is 2.80. The zero-order valence-electron chi connectivity index (χ0n) is 12.1. The van der Waals surface area contributed by atoms with Crippen molar-refractivity contribution in [2.24, 2.45) is 11.3 Å². The van der Waals surface area contributed by atoms with Gasteiger partial charge in [0.15, 0.2) is 0 Å². The number of amides is 1. The van der Waals surface area contributed by atoms with Gasteiger partial charge in [0.05, 0.1) is 6.04 Å². The Morgan fingerprint density at radius 2 is 1.95 bits per heavy atom. The standard InChI is InChI=1S/C16H22FNO/c1-11(13-7-5-6-8-14(13)17)18(4)15(19)12-9-16(2,3)10-12/h5-8,11-12H,9-10H2,1-4H3. The van der Waals surface area contributed by atoms with Crippen LogP contribution in [0, 0.1) is 17.2 Å². The van der Waals surface area contributed by atoms with E-state index >= 15 is 0 Å². The predicted molar refractivity (Wildman–Crippen MR) is 74.1 cm³/mol. The van der Waals surface area contributed by atoms with Crippen molar-refractivity contribution in [3.8, 4) is 0 Å². The number of rotatable bonds is 3.